The van der Waals surface area contributed by atoms with Crippen LogP contribution < -0.4 is 14.2 Å². The molecule has 9 heteroatoms. The number of amides is 1. The van der Waals surface area contributed by atoms with Gasteiger partial charge < -0.3 is 19.1 Å². The first kappa shape index (κ1) is 20.0. The molecule has 0 radical (unpaired) electrons. The molecule has 4 rings (SSSR count). The molecule has 0 unspecified atom stereocenters. The van der Waals surface area contributed by atoms with Crippen LogP contribution in [0.3, 0.4) is 0 Å². The van der Waals surface area contributed by atoms with Crippen LogP contribution in [0.1, 0.15) is 16.1 Å². The average molecular weight is 411 g/mol. The number of rotatable bonds is 6. The molecule has 3 aromatic rings. The molecular weight excluding hydrogens is 386 g/mol. The van der Waals surface area contributed by atoms with Gasteiger partial charge in [-0.3, -0.25) is 14.1 Å². The molecule has 1 aliphatic rings. The first-order valence-electron chi connectivity index (χ1n) is 9.73. The maximum Gasteiger partial charge on any atom is 0.274 e. The molecule has 2 aromatic heterocycles. The van der Waals surface area contributed by atoms with Gasteiger partial charge in [0.15, 0.2) is 11.5 Å². The Labute approximate surface area is 174 Å². The van der Waals surface area contributed by atoms with E-state index in [-0.39, 0.29) is 5.91 Å². The lowest BCUT2D eigenvalue weighted by molar-refractivity contribution is 0.0622. The van der Waals surface area contributed by atoms with E-state index in [1.165, 1.54) is 0 Å². The van der Waals surface area contributed by atoms with E-state index in [0.717, 1.165) is 18.7 Å². The monoisotopic (exact) mass is 411 g/mol. The van der Waals surface area contributed by atoms with Gasteiger partial charge in [0.25, 0.3) is 5.91 Å². The number of nitrogens with zero attached hydrogens (tertiary/aromatic N) is 5. The molecule has 0 saturated carbocycles. The van der Waals surface area contributed by atoms with Crippen LogP contribution in [0.15, 0.2) is 36.8 Å². The van der Waals surface area contributed by atoms with Crippen LogP contribution >= 0.6 is 0 Å². The largest absolute Gasteiger partial charge is 0.493 e. The van der Waals surface area contributed by atoms with Crippen LogP contribution in [0.2, 0.25) is 0 Å². The number of hydrogen-bond donors (Lipinski definition) is 0. The van der Waals surface area contributed by atoms with Gasteiger partial charge in [0, 0.05) is 56.9 Å². The number of carbonyl (C=O) groups excluding carboxylic acids is 1. The van der Waals surface area contributed by atoms with Crippen LogP contribution in [0, 0.1) is 0 Å². The van der Waals surface area contributed by atoms with Crippen molar-refractivity contribution in [2.45, 2.75) is 6.54 Å². The van der Waals surface area contributed by atoms with Crippen molar-refractivity contribution in [1.82, 2.24) is 24.2 Å². The van der Waals surface area contributed by atoms with E-state index in [1.807, 2.05) is 29.3 Å². The molecule has 1 saturated heterocycles. The summed E-state index contributed by atoms with van der Waals surface area (Å²) in [5.74, 6) is 2.36. The highest BCUT2D eigenvalue weighted by molar-refractivity contribution is 5.92. The fourth-order valence-electron chi connectivity index (χ4n) is 3.73. The van der Waals surface area contributed by atoms with Gasteiger partial charge in [-0.2, -0.15) is 0 Å². The number of ether oxygens (including phenoxy) is 3. The second-order valence-corrected chi connectivity index (χ2v) is 7.01. The van der Waals surface area contributed by atoms with Gasteiger partial charge in [0.1, 0.15) is 5.69 Å². The normalized spacial score (nSPS) is 14.7. The van der Waals surface area contributed by atoms with Crippen LogP contribution in [-0.2, 0) is 6.54 Å². The van der Waals surface area contributed by atoms with Crippen molar-refractivity contribution in [2.75, 3.05) is 47.5 Å². The van der Waals surface area contributed by atoms with Gasteiger partial charge in [-0.15, -0.1) is 0 Å². The molecule has 9 nitrogen and oxygen atoms in total. The summed E-state index contributed by atoms with van der Waals surface area (Å²) in [7, 11) is 4.83. The second kappa shape index (κ2) is 8.58. The topological polar surface area (TPSA) is 81.4 Å². The van der Waals surface area contributed by atoms with Crippen LogP contribution in [0.5, 0.6) is 17.2 Å². The Hall–Kier alpha value is -3.33. The summed E-state index contributed by atoms with van der Waals surface area (Å²) in [6.45, 7) is 3.49. The molecule has 3 heterocycles. The van der Waals surface area contributed by atoms with Crippen molar-refractivity contribution in [3.05, 3.63) is 48.0 Å². The van der Waals surface area contributed by atoms with Crippen LogP contribution in [0.25, 0.3) is 5.78 Å². The summed E-state index contributed by atoms with van der Waals surface area (Å²) >= 11 is 0. The summed E-state index contributed by atoms with van der Waals surface area (Å²) in [5, 5.41) is 0. The van der Waals surface area contributed by atoms with Gasteiger partial charge in [0.05, 0.1) is 21.3 Å². The Balaban J connectivity index is 1.42. The lowest BCUT2D eigenvalue weighted by Crippen LogP contribution is -2.48. The fourth-order valence-corrected chi connectivity index (χ4v) is 3.73. The summed E-state index contributed by atoms with van der Waals surface area (Å²) < 4.78 is 18.2. The van der Waals surface area contributed by atoms with E-state index in [0.29, 0.717) is 48.4 Å². The smallest absolute Gasteiger partial charge is 0.274 e. The zero-order chi connectivity index (χ0) is 21.1. The van der Waals surface area contributed by atoms with E-state index in [4.69, 9.17) is 14.2 Å². The predicted octanol–water partition coefficient (Wildman–Crippen LogP) is 1.71. The van der Waals surface area contributed by atoms with Crippen LogP contribution in [-0.4, -0.2) is 77.6 Å². The van der Waals surface area contributed by atoms with Crippen molar-refractivity contribution < 1.29 is 19.0 Å². The second-order valence-electron chi connectivity index (χ2n) is 7.01. The summed E-state index contributed by atoms with van der Waals surface area (Å²) in [5.41, 5.74) is 1.44. The highest BCUT2D eigenvalue weighted by Gasteiger charge is 2.25. The van der Waals surface area contributed by atoms with E-state index < -0.39 is 0 Å². The number of carbonyl (C=O) groups is 1. The van der Waals surface area contributed by atoms with Crippen molar-refractivity contribution >= 4 is 11.7 Å². The van der Waals surface area contributed by atoms with E-state index in [2.05, 4.69) is 14.9 Å². The van der Waals surface area contributed by atoms with Crippen molar-refractivity contribution in [1.29, 1.82) is 0 Å². The number of piperazine rings is 1. The van der Waals surface area contributed by atoms with Gasteiger partial charge in [0.2, 0.25) is 11.5 Å². The van der Waals surface area contributed by atoms with Gasteiger partial charge in [-0.1, -0.05) is 6.07 Å². The number of benzene rings is 1. The lowest BCUT2D eigenvalue weighted by Gasteiger charge is -2.34. The van der Waals surface area contributed by atoms with Crippen LogP contribution in [0.4, 0.5) is 0 Å². The first-order valence-corrected chi connectivity index (χ1v) is 9.73. The molecule has 0 bridgehead atoms. The molecule has 1 fully saturated rings. The molecule has 1 aromatic carbocycles. The minimum absolute atomic E-state index is 0.0659. The van der Waals surface area contributed by atoms with Crippen molar-refractivity contribution in [2.24, 2.45) is 0 Å². The van der Waals surface area contributed by atoms with Gasteiger partial charge in [-0.05, 0) is 12.1 Å². The summed E-state index contributed by atoms with van der Waals surface area (Å²) in [6, 6.07) is 5.68. The maximum absolute atomic E-state index is 12.8. The molecule has 0 N–H and O–H groups in total. The minimum Gasteiger partial charge on any atom is -0.493 e. The predicted molar refractivity (Wildman–Crippen MR) is 110 cm³/mol. The molecule has 0 spiro atoms. The Morgan fingerprint density at radius 3 is 2.47 bits per heavy atom. The van der Waals surface area contributed by atoms with Gasteiger partial charge in [-0.25, -0.2) is 9.97 Å². The summed E-state index contributed by atoms with van der Waals surface area (Å²) in [4.78, 5) is 25.5. The SMILES string of the molecule is COc1ccc(CN2CCN(C(=O)c3cn4cccnc4n3)CC2)c(OC)c1OC. The number of methoxy groups -OCH3 is 3. The first-order chi connectivity index (χ1) is 14.6. The minimum atomic E-state index is -0.0659. The van der Waals surface area contributed by atoms with E-state index in [1.54, 1.807) is 38.1 Å². The molecule has 0 atom stereocenters. The lowest BCUT2D eigenvalue weighted by atomic mass is 10.1. The van der Waals surface area contributed by atoms with E-state index >= 15 is 0 Å². The third-order valence-electron chi connectivity index (χ3n) is 5.29. The van der Waals surface area contributed by atoms with E-state index in [9.17, 15) is 4.79 Å². The number of aromatic nitrogens is 3. The number of hydrogen-bond acceptors (Lipinski definition) is 7. The zero-order valence-corrected chi connectivity index (χ0v) is 17.4. The Morgan fingerprint density at radius 1 is 1.03 bits per heavy atom. The number of fused-ring (bicyclic) bond motifs is 1. The standard InChI is InChI=1S/C21H25N5O4/c1-28-17-6-5-15(18(29-2)19(17)30-3)13-24-9-11-25(12-10-24)20(27)16-14-26-8-4-7-22-21(26)23-16/h4-8,14H,9-13H2,1-3H3. The quantitative estimate of drug-likeness (QED) is 0.611. The van der Waals surface area contributed by atoms with Crippen molar-refractivity contribution in [3.8, 4) is 17.2 Å². The molecule has 1 aliphatic heterocycles. The Kier molecular flexibility index (Phi) is 5.71. The fraction of sp³-hybridized carbons (Fsp3) is 0.381. The zero-order valence-electron chi connectivity index (χ0n) is 17.4. The highest BCUT2D eigenvalue weighted by Crippen LogP contribution is 2.40. The highest BCUT2D eigenvalue weighted by atomic mass is 16.5. The number of imidazole rings is 1. The molecular formula is C21H25N5O4. The summed E-state index contributed by atoms with van der Waals surface area (Å²) in [6.07, 6.45) is 5.23. The van der Waals surface area contributed by atoms with Crippen molar-refractivity contribution in [3.63, 3.8) is 0 Å². The maximum atomic E-state index is 12.8. The molecule has 0 aliphatic carbocycles. The Morgan fingerprint density at radius 2 is 1.80 bits per heavy atom. The van der Waals surface area contributed by atoms with Gasteiger partial charge >= 0.3 is 0 Å². The Bertz CT molecular complexity index is 1010. The molecule has 158 valence electrons. The third-order valence-corrected chi connectivity index (χ3v) is 5.29. The third kappa shape index (κ3) is 3.76. The molecule has 1 amide bonds. The average Bonchev–Trinajstić information content (AvgIpc) is 3.23. The molecule has 30 heavy (non-hydrogen) atoms.